The van der Waals surface area contributed by atoms with Crippen molar-refractivity contribution in [3.8, 4) is 0 Å². The van der Waals surface area contributed by atoms with Crippen molar-refractivity contribution in [1.29, 1.82) is 0 Å². The average Bonchev–Trinajstić information content (AvgIpc) is 3.08. The van der Waals surface area contributed by atoms with E-state index in [-0.39, 0.29) is 19.4 Å². The second kappa shape index (κ2) is 37.0. The number of rotatable bonds is 37. The van der Waals surface area contributed by atoms with Crippen LogP contribution in [0.5, 0.6) is 0 Å². The van der Waals surface area contributed by atoms with Gasteiger partial charge >= 0.3 is 19.8 Å². The average molecular weight is 727 g/mol. The van der Waals surface area contributed by atoms with E-state index in [0.29, 0.717) is 6.42 Å². The molecular formula is C41H75O8P. The van der Waals surface area contributed by atoms with Gasteiger partial charge in [-0.1, -0.05) is 172 Å². The van der Waals surface area contributed by atoms with Gasteiger partial charge in [0.15, 0.2) is 6.10 Å². The van der Waals surface area contributed by atoms with Gasteiger partial charge in [0.05, 0.1) is 6.61 Å². The quantitative estimate of drug-likeness (QED) is 0.0281. The Kier molecular flexibility index (Phi) is 35.8. The third kappa shape index (κ3) is 39.1. The van der Waals surface area contributed by atoms with Crippen LogP contribution in [0, 0.1) is 0 Å². The van der Waals surface area contributed by atoms with Gasteiger partial charge in [0.25, 0.3) is 0 Å². The van der Waals surface area contributed by atoms with E-state index >= 15 is 0 Å². The smallest absolute Gasteiger partial charge is 0.462 e. The van der Waals surface area contributed by atoms with Gasteiger partial charge in [-0.3, -0.25) is 14.1 Å². The van der Waals surface area contributed by atoms with Crippen molar-refractivity contribution >= 4 is 19.8 Å². The molecule has 0 saturated carbocycles. The van der Waals surface area contributed by atoms with Crippen LogP contribution in [0.4, 0.5) is 0 Å². The maximum absolute atomic E-state index is 12.4. The molecule has 0 rings (SSSR count). The van der Waals surface area contributed by atoms with Crippen molar-refractivity contribution in [3.05, 3.63) is 36.5 Å². The fourth-order valence-corrected chi connectivity index (χ4v) is 6.04. The Morgan fingerprint density at radius 3 is 1.44 bits per heavy atom. The van der Waals surface area contributed by atoms with Crippen molar-refractivity contribution in [3.63, 3.8) is 0 Å². The van der Waals surface area contributed by atoms with Crippen LogP contribution in [-0.2, 0) is 28.2 Å². The lowest BCUT2D eigenvalue weighted by Crippen LogP contribution is -2.29. The molecule has 0 aliphatic carbocycles. The number of hydrogen-bond donors (Lipinski definition) is 2. The number of unbranched alkanes of at least 4 members (excludes halogenated alkanes) is 21. The third-order valence-corrected chi connectivity index (χ3v) is 9.16. The van der Waals surface area contributed by atoms with E-state index in [0.717, 1.165) is 70.6 Å². The zero-order valence-electron chi connectivity index (χ0n) is 32.0. The zero-order chi connectivity index (χ0) is 36.8. The maximum atomic E-state index is 12.4. The Balaban J connectivity index is 3.93. The minimum absolute atomic E-state index is 0.194. The molecule has 8 nitrogen and oxygen atoms in total. The van der Waals surface area contributed by atoms with E-state index in [2.05, 4.69) is 54.8 Å². The van der Waals surface area contributed by atoms with Gasteiger partial charge in [-0.15, -0.1) is 0 Å². The number of carbonyl (C=O) groups is 2. The lowest BCUT2D eigenvalue weighted by molar-refractivity contribution is -0.161. The summed E-state index contributed by atoms with van der Waals surface area (Å²) in [6, 6.07) is 0. The molecule has 0 radical (unpaired) electrons. The molecule has 1 atom stereocenters. The Hall–Kier alpha value is -1.73. The number of allylic oxidation sites excluding steroid dienone is 6. The van der Waals surface area contributed by atoms with Gasteiger partial charge in [0.1, 0.15) is 6.61 Å². The van der Waals surface area contributed by atoms with Crippen molar-refractivity contribution in [2.24, 2.45) is 0 Å². The fourth-order valence-electron chi connectivity index (χ4n) is 5.68. The summed E-state index contributed by atoms with van der Waals surface area (Å²) in [5.41, 5.74) is 0. The van der Waals surface area contributed by atoms with Crippen LogP contribution in [0.25, 0.3) is 0 Å². The van der Waals surface area contributed by atoms with E-state index in [1.54, 1.807) is 0 Å². The van der Waals surface area contributed by atoms with Crippen molar-refractivity contribution in [1.82, 2.24) is 0 Å². The SMILES string of the molecule is CC/C=C\C/C=C\C/C=C\CCCCCCCC(=O)OC(COC(=O)CCCCCCCCCCCCCCCCCCC)COP(=O)(O)O. The predicted molar refractivity (Wildman–Crippen MR) is 207 cm³/mol. The Bertz CT molecular complexity index is 910. The Morgan fingerprint density at radius 1 is 0.540 bits per heavy atom. The molecule has 292 valence electrons. The van der Waals surface area contributed by atoms with Crippen LogP contribution in [0.2, 0.25) is 0 Å². The van der Waals surface area contributed by atoms with Gasteiger partial charge in [0, 0.05) is 12.8 Å². The summed E-state index contributed by atoms with van der Waals surface area (Å²) < 4.78 is 26.3. The first-order valence-corrected chi connectivity index (χ1v) is 21.8. The van der Waals surface area contributed by atoms with Gasteiger partial charge in [-0.05, 0) is 44.9 Å². The van der Waals surface area contributed by atoms with E-state index in [9.17, 15) is 14.2 Å². The highest BCUT2D eigenvalue weighted by molar-refractivity contribution is 7.46. The zero-order valence-corrected chi connectivity index (χ0v) is 32.9. The van der Waals surface area contributed by atoms with Crippen molar-refractivity contribution in [2.75, 3.05) is 13.2 Å². The first-order chi connectivity index (χ1) is 24.3. The summed E-state index contributed by atoms with van der Waals surface area (Å²) in [6.45, 7) is 3.57. The lowest BCUT2D eigenvalue weighted by atomic mass is 10.0. The molecule has 0 aliphatic rings. The summed E-state index contributed by atoms with van der Waals surface area (Å²) in [5, 5.41) is 0. The molecule has 0 aromatic rings. The summed E-state index contributed by atoms with van der Waals surface area (Å²) >= 11 is 0. The van der Waals surface area contributed by atoms with Crippen molar-refractivity contribution < 1.29 is 37.9 Å². The highest BCUT2D eigenvalue weighted by Gasteiger charge is 2.22. The predicted octanol–water partition coefficient (Wildman–Crippen LogP) is 12.2. The molecule has 0 bridgehead atoms. The molecule has 0 fully saturated rings. The molecule has 0 aromatic heterocycles. The normalized spacial score (nSPS) is 12.8. The van der Waals surface area contributed by atoms with Gasteiger partial charge in [-0.25, -0.2) is 4.57 Å². The first kappa shape index (κ1) is 48.3. The molecule has 0 aliphatic heterocycles. The number of esters is 2. The first-order valence-electron chi connectivity index (χ1n) is 20.3. The van der Waals surface area contributed by atoms with Crippen LogP contribution in [0.3, 0.4) is 0 Å². The number of ether oxygens (including phenoxy) is 2. The second-order valence-electron chi connectivity index (χ2n) is 13.6. The summed E-state index contributed by atoms with van der Waals surface area (Å²) in [7, 11) is -4.75. The topological polar surface area (TPSA) is 119 Å². The number of phosphoric ester groups is 1. The van der Waals surface area contributed by atoms with Gasteiger partial charge in [-0.2, -0.15) is 0 Å². The molecular weight excluding hydrogens is 651 g/mol. The van der Waals surface area contributed by atoms with Crippen molar-refractivity contribution in [2.45, 2.75) is 200 Å². The highest BCUT2D eigenvalue weighted by atomic mass is 31.2. The van der Waals surface area contributed by atoms with Gasteiger partial charge in [0.2, 0.25) is 0 Å². The molecule has 0 amide bonds. The molecule has 0 spiro atoms. The van der Waals surface area contributed by atoms with E-state index < -0.39 is 32.5 Å². The fraction of sp³-hybridized carbons (Fsp3) is 0.805. The maximum Gasteiger partial charge on any atom is 0.469 e. The van der Waals surface area contributed by atoms with E-state index in [1.165, 1.54) is 89.9 Å². The largest absolute Gasteiger partial charge is 0.469 e. The third-order valence-electron chi connectivity index (χ3n) is 8.67. The van der Waals surface area contributed by atoms with Gasteiger partial charge < -0.3 is 19.3 Å². The number of carbonyl (C=O) groups excluding carboxylic acids is 2. The molecule has 1 unspecified atom stereocenters. The standard InChI is InChI=1S/C41H75O8P/c1-3-5-7-9-11-13-15-17-19-20-22-23-25-27-29-31-33-35-40(42)47-37-39(38-48-50(44,45)46)49-41(43)36-34-32-30-28-26-24-21-18-16-14-12-10-8-6-4-2/h6,8,12,14,18,21,39H,3-5,7,9-11,13,15-17,19-20,22-38H2,1-2H3,(H2,44,45,46)/b8-6-,14-12-,21-18-. The monoisotopic (exact) mass is 727 g/mol. The van der Waals surface area contributed by atoms with Crippen LogP contribution in [0.15, 0.2) is 36.5 Å². The Labute approximate surface area is 306 Å². The molecule has 9 heteroatoms. The number of hydrogen-bond acceptors (Lipinski definition) is 6. The molecule has 50 heavy (non-hydrogen) atoms. The molecule has 0 heterocycles. The second-order valence-corrected chi connectivity index (χ2v) is 14.8. The number of phosphoric acid groups is 1. The van der Waals surface area contributed by atoms with Crippen LogP contribution in [0.1, 0.15) is 194 Å². The van der Waals surface area contributed by atoms with Crippen LogP contribution >= 0.6 is 7.82 Å². The molecule has 0 aromatic carbocycles. The summed E-state index contributed by atoms with van der Waals surface area (Å²) in [6.07, 6.45) is 42.9. The summed E-state index contributed by atoms with van der Waals surface area (Å²) in [4.78, 5) is 42.8. The molecule has 2 N–H and O–H groups in total. The minimum Gasteiger partial charge on any atom is -0.462 e. The van der Waals surface area contributed by atoms with E-state index in [1.807, 2.05) is 0 Å². The van der Waals surface area contributed by atoms with E-state index in [4.69, 9.17) is 19.3 Å². The van der Waals surface area contributed by atoms with Crippen LogP contribution < -0.4 is 0 Å². The molecule has 0 saturated heterocycles. The summed E-state index contributed by atoms with van der Waals surface area (Å²) in [5.74, 6) is -0.899. The Morgan fingerprint density at radius 2 is 0.960 bits per heavy atom. The van der Waals surface area contributed by atoms with Crippen LogP contribution in [-0.4, -0.2) is 41.0 Å². The lowest BCUT2D eigenvalue weighted by Gasteiger charge is -2.18. The highest BCUT2D eigenvalue weighted by Crippen LogP contribution is 2.36. The minimum atomic E-state index is -4.75.